The Morgan fingerprint density at radius 1 is 0.645 bits per heavy atom. The lowest BCUT2D eigenvalue weighted by molar-refractivity contribution is -0.145. The Morgan fingerprint density at radius 2 is 1.06 bits per heavy atom. The van der Waals surface area contributed by atoms with E-state index in [0.29, 0.717) is 13.2 Å². The molecule has 0 bridgehead atoms. The molecule has 1 N–H and O–H groups in total. The number of hydrogen-bond donors (Lipinski definition) is 1. The molecule has 5 heteroatoms. The lowest BCUT2D eigenvalue weighted by Crippen LogP contribution is -2.40. The molecule has 0 aromatic carbocycles. The van der Waals surface area contributed by atoms with Crippen LogP contribution in [0, 0.1) is 5.92 Å². The summed E-state index contributed by atoms with van der Waals surface area (Å²) in [5.41, 5.74) is 0. The van der Waals surface area contributed by atoms with Crippen molar-refractivity contribution in [3.63, 3.8) is 0 Å². The number of rotatable bonds is 21. The van der Waals surface area contributed by atoms with Crippen molar-refractivity contribution in [1.29, 1.82) is 0 Å². The minimum atomic E-state index is -0.680. The van der Waals surface area contributed by atoms with Crippen molar-refractivity contribution in [2.75, 3.05) is 13.2 Å². The maximum absolute atomic E-state index is 11.9. The minimum Gasteiger partial charge on any atom is -0.464 e. The van der Waals surface area contributed by atoms with Gasteiger partial charge in [0.2, 0.25) is 0 Å². The summed E-state index contributed by atoms with van der Waals surface area (Å²) >= 11 is 0. The molecule has 0 aliphatic rings. The van der Waals surface area contributed by atoms with Gasteiger partial charge in [-0.1, -0.05) is 117 Å². The zero-order valence-corrected chi connectivity index (χ0v) is 21.0. The zero-order valence-electron chi connectivity index (χ0n) is 21.0. The third kappa shape index (κ3) is 21.7. The number of carbonyl (C=O) groups is 2. The summed E-state index contributed by atoms with van der Waals surface area (Å²) in [5.74, 6) is -0.134. The first-order chi connectivity index (χ1) is 15.0. The normalized spacial score (nSPS) is 12.0. The van der Waals surface area contributed by atoms with Crippen LogP contribution < -0.4 is 5.32 Å². The smallest absolute Gasteiger partial charge is 0.407 e. The highest BCUT2D eigenvalue weighted by Crippen LogP contribution is 2.13. The molecule has 0 rings (SSSR count). The van der Waals surface area contributed by atoms with Crippen LogP contribution in [0.15, 0.2) is 0 Å². The van der Waals surface area contributed by atoms with Crippen molar-refractivity contribution < 1.29 is 19.1 Å². The van der Waals surface area contributed by atoms with E-state index in [0.717, 1.165) is 12.8 Å². The van der Waals surface area contributed by atoms with Crippen LogP contribution in [-0.2, 0) is 14.3 Å². The summed E-state index contributed by atoms with van der Waals surface area (Å²) < 4.78 is 10.2. The Balaban J connectivity index is 3.35. The average Bonchev–Trinajstić information content (AvgIpc) is 2.74. The minimum absolute atomic E-state index is 0.267. The van der Waals surface area contributed by atoms with E-state index in [4.69, 9.17) is 9.47 Å². The summed E-state index contributed by atoms with van der Waals surface area (Å²) in [6.45, 7) is 8.57. The number of hydrogen-bond acceptors (Lipinski definition) is 4. The quantitative estimate of drug-likeness (QED) is 0.147. The van der Waals surface area contributed by atoms with E-state index in [2.05, 4.69) is 12.2 Å². The molecule has 1 atom stereocenters. The van der Waals surface area contributed by atoms with Crippen LogP contribution in [0.3, 0.4) is 0 Å². The fourth-order valence-corrected chi connectivity index (χ4v) is 3.47. The van der Waals surface area contributed by atoms with Crippen molar-refractivity contribution in [3.05, 3.63) is 0 Å². The van der Waals surface area contributed by atoms with Crippen LogP contribution in [0.4, 0.5) is 4.79 Å². The van der Waals surface area contributed by atoms with E-state index < -0.39 is 18.1 Å². The van der Waals surface area contributed by atoms with Crippen molar-refractivity contribution in [2.24, 2.45) is 5.92 Å². The highest BCUT2D eigenvalue weighted by atomic mass is 16.6. The lowest BCUT2D eigenvalue weighted by atomic mass is 10.0. The highest BCUT2D eigenvalue weighted by Gasteiger charge is 2.17. The second-order valence-corrected chi connectivity index (χ2v) is 9.33. The van der Waals surface area contributed by atoms with E-state index in [1.54, 1.807) is 6.92 Å². The fraction of sp³-hybridized carbons (Fsp3) is 0.923. The fourth-order valence-electron chi connectivity index (χ4n) is 3.47. The van der Waals surface area contributed by atoms with E-state index >= 15 is 0 Å². The summed E-state index contributed by atoms with van der Waals surface area (Å²) in [6.07, 6.45) is 20.6. The van der Waals surface area contributed by atoms with E-state index in [9.17, 15) is 9.59 Å². The molecule has 0 saturated heterocycles. The third-order valence-electron chi connectivity index (χ3n) is 5.48. The van der Waals surface area contributed by atoms with Gasteiger partial charge in [0.05, 0.1) is 13.2 Å². The van der Waals surface area contributed by atoms with E-state index in [-0.39, 0.29) is 5.92 Å². The van der Waals surface area contributed by atoms with Crippen molar-refractivity contribution >= 4 is 12.1 Å². The summed E-state index contributed by atoms with van der Waals surface area (Å²) in [5, 5.41) is 2.51. The second kappa shape index (κ2) is 22.0. The number of unbranched alkanes of at least 4 members (excludes halogenated alkanes) is 15. The maximum Gasteiger partial charge on any atom is 0.407 e. The van der Waals surface area contributed by atoms with Gasteiger partial charge in [0, 0.05) is 0 Å². The van der Waals surface area contributed by atoms with Crippen LogP contribution in [-0.4, -0.2) is 31.3 Å². The van der Waals surface area contributed by atoms with Crippen LogP contribution in [0.5, 0.6) is 0 Å². The van der Waals surface area contributed by atoms with Gasteiger partial charge >= 0.3 is 12.1 Å². The van der Waals surface area contributed by atoms with Gasteiger partial charge in [-0.25, -0.2) is 9.59 Å². The zero-order chi connectivity index (χ0) is 23.2. The van der Waals surface area contributed by atoms with Crippen molar-refractivity contribution in [2.45, 2.75) is 136 Å². The van der Waals surface area contributed by atoms with Gasteiger partial charge in [0.15, 0.2) is 0 Å². The Bertz CT molecular complexity index is 426. The van der Waals surface area contributed by atoms with Gasteiger partial charge in [0.1, 0.15) is 6.04 Å². The Labute approximate surface area is 192 Å². The molecule has 0 saturated carbocycles. The molecule has 5 nitrogen and oxygen atoms in total. The van der Waals surface area contributed by atoms with Crippen LogP contribution in [0.25, 0.3) is 0 Å². The molecular formula is C26H51NO4. The Morgan fingerprint density at radius 3 is 1.48 bits per heavy atom. The van der Waals surface area contributed by atoms with Gasteiger partial charge in [0.25, 0.3) is 0 Å². The van der Waals surface area contributed by atoms with Crippen molar-refractivity contribution in [1.82, 2.24) is 5.32 Å². The molecule has 0 fully saturated rings. The number of alkyl carbamates (subject to hydrolysis) is 1. The Kier molecular flexibility index (Phi) is 21.1. The molecule has 0 spiro atoms. The van der Waals surface area contributed by atoms with Gasteiger partial charge in [-0.2, -0.15) is 0 Å². The molecule has 0 aromatic rings. The highest BCUT2D eigenvalue weighted by molar-refractivity contribution is 5.80. The van der Waals surface area contributed by atoms with Crippen molar-refractivity contribution in [3.8, 4) is 0 Å². The van der Waals surface area contributed by atoms with Gasteiger partial charge in [-0.3, -0.25) is 0 Å². The molecule has 184 valence electrons. The summed E-state index contributed by atoms with van der Waals surface area (Å²) in [4.78, 5) is 23.4. The van der Waals surface area contributed by atoms with Gasteiger partial charge in [-0.05, 0) is 19.3 Å². The number of amides is 1. The summed E-state index contributed by atoms with van der Waals surface area (Å²) in [7, 11) is 0. The average molecular weight is 442 g/mol. The summed E-state index contributed by atoms with van der Waals surface area (Å²) in [6, 6.07) is -0.680. The first-order valence-electron chi connectivity index (χ1n) is 13.1. The van der Waals surface area contributed by atoms with Crippen LogP contribution in [0.2, 0.25) is 0 Å². The largest absolute Gasteiger partial charge is 0.464 e. The molecular weight excluding hydrogens is 390 g/mol. The number of nitrogens with one attached hydrogen (secondary N) is 1. The molecule has 1 amide bonds. The van der Waals surface area contributed by atoms with Gasteiger partial charge < -0.3 is 14.8 Å². The first kappa shape index (κ1) is 29.7. The van der Waals surface area contributed by atoms with Crippen LogP contribution >= 0.6 is 0 Å². The number of carbonyl (C=O) groups excluding carboxylic acids is 2. The topological polar surface area (TPSA) is 64.6 Å². The Hall–Kier alpha value is -1.26. The second-order valence-electron chi connectivity index (χ2n) is 9.33. The first-order valence-corrected chi connectivity index (χ1v) is 13.1. The molecule has 31 heavy (non-hydrogen) atoms. The van der Waals surface area contributed by atoms with E-state index in [1.807, 2.05) is 13.8 Å². The lowest BCUT2D eigenvalue weighted by Gasteiger charge is -2.14. The van der Waals surface area contributed by atoms with Crippen LogP contribution in [0.1, 0.15) is 130 Å². The predicted octanol–water partition coefficient (Wildman–Crippen LogP) is 7.56. The molecule has 0 aromatic heterocycles. The van der Waals surface area contributed by atoms with E-state index in [1.165, 1.54) is 89.9 Å². The molecule has 0 radical (unpaired) electrons. The molecule has 0 aliphatic carbocycles. The third-order valence-corrected chi connectivity index (χ3v) is 5.48. The number of ether oxygens (including phenoxy) is 2. The molecule has 0 aliphatic heterocycles. The molecule has 1 unspecified atom stereocenters. The monoisotopic (exact) mass is 441 g/mol. The SMILES string of the molecule is CCCCCCCCCCCCCCCCCCOC(=O)C(C)NC(=O)OCC(C)C. The van der Waals surface area contributed by atoms with Gasteiger partial charge in [-0.15, -0.1) is 0 Å². The number of esters is 1. The standard InChI is InChI=1S/C26H51NO4/c1-5-6-7-8-9-10-11-12-13-14-15-16-17-18-19-20-21-30-25(28)24(4)27-26(29)31-22-23(2)3/h23-24H,5-22H2,1-4H3,(H,27,29). The maximum atomic E-state index is 11.9. The predicted molar refractivity (Wildman–Crippen MR) is 129 cm³/mol. The molecule has 0 heterocycles.